The number of carbonyl (C=O) groups is 1. The van der Waals surface area contributed by atoms with Crippen LogP contribution in [0.15, 0.2) is 17.3 Å². The third-order valence-corrected chi connectivity index (χ3v) is 1.90. The summed E-state index contributed by atoms with van der Waals surface area (Å²) in [7, 11) is 0. The molecule has 0 bridgehead atoms. The van der Waals surface area contributed by atoms with E-state index in [0.29, 0.717) is 25.3 Å². The van der Waals surface area contributed by atoms with Crippen LogP contribution in [-0.4, -0.2) is 55.4 Å². The molecule has 0 aromatic carbocycles. The number of aliphatic hydroxyl groups excluding tert-OH is 1. The summed E-state index contributed by atoms with van der Waals surface area (Å²) < 4.78 is 4.77. The molecule has 0 fully saturated rings. The van der Waals surface area contributed by atoms with E-state index in [0.717, 1.165) is 0 Å². The minimum atomic E-state index is -0.454. The van der Waals surface area contributed by atoms with Gasteiger partial charge in [0.05, 0.1) is 19.8 Å². The molecule has 0 atom stereocenters. The molecule has 0 unspecified atom stereocenters. The second kappa shape index (κ2) is 8.99. The molecule has 16 heavy (non-hydrogen) atoms. The van der Waals surface area contributed by atoms with Crippen molar-refractivity contribution in [3.05, 3.63) is 17.1 Å². The molecule has 0 spiro atoms. The van der Waals surface area contributed by atoms with Crippen LogP contribution in [0.4, 0.5) is 0 Å². The minimum absolute atomic E-state index is 0.0467. The van der Waals surface area contributed by atoms with E-state index in [1.807, 2.05) is 0 Å². The molecule has 0 aromatic rings. The van der Waals surface area contributed by atoms with Crippen LogP contribution in [0.5, 0.6) is 0 Å². The molecule has 0 saturated carbocycles. The Labute approximate surface area is 94.9 Å². The van der Waals surface area contributed by atoms with Crippen molar-refractivity contribution in [2.45, 2.75) is 6.92 Å². The van der Waals surface area contributed by atoms with Crippen molar-refractivity contribution in [1.29, 1.82) is 0 Å². The quantitative estimate of drug-likeness (QED) is 0.347. The van der Waals surface area contributed by atoms with Crippen molar-refractivity contribution in [1.82, 2.24) is 4.90 Å². The minimum Gasteiger partial charge on any atom is -0.463 e. The van der Waals surface area contributed by atoms with Crippen molar-refractivity contribution in [3.8, 4) is 0 Å². The van der Waals surface area contributed by atoms with Gasteiger partial charge in [-0.3, -0.25) is 4.90 Å². The zero-order valence-electron chi connectivity index (χ0n) is 9.52. The molecule has 0 aromatic heterocycles. The number of hydrogen-bond donors (Lipinski definition) is 1. The molecule has 0 saturated heterocycles. The lowest BCUT2D eigenvalue weighted by atomic mass is 10.2. The average Bonchev–Trinajstić information content (AvgIpc) is 2.26. The highest BCUT2D eigenvalue weighted by Crippen LogP contribution is 2.00. The molecular formula is C10H18N2O4. The predicted octanol–water partition coefficient (Wildman–Crippen LogP) is 0.166. The zero-order chi connectivity index (χ0) is 12.4. The van der Waals surface area contributed by atoms with Gasteiger partial charge in [-0.25, -0.2) is 4.79 Å². The number of carbonyl (C=O) groups excluding carboxylic acids is 1. The highest BCUT2D eigenvalue weighted by atomic mass is 16.5. The topological polar surface area (TPSA) is 79.2 Å². The van der Waals surface area contributed by atoms with E-state index in [2.05, 4.69) is 11.8 Å². The maximum Gasteiger partial charge on any atom is 0.334 e. The third-order valence-electron chi connectivity index (χ3n) is 1.90. The summed E-state index contributed by atoms with van der Waals surface area (Å²) in [6, 6.07) is 0. The van der Waals surface area contributed by atoms with Gasteiger partial charge in [0.1, 0.15) is 0 Å². The smallest absolute Gasteiger partial charge is 0.334 e. The monoisotopic (exact) mass is 230 g/mol. The molecule has 0 aliphatic carbocycles. The molecule has 0 radical (unpaired) electrons. The van der Waals surface area contributed by atoms with Crippen LogP contribution < -0.4 is 0 Å². The summed E-state index contributed by atoms with van der Waals surface area (Å²) in [5.74, 6) is -0.454. The first-order valence-electron chi connectivity index (χ1n) is 5.12. The van der Waals surface area contributed by atoms with Crippen molar-refractivity contribution >= 4 is 5.97 Å². The number of esters is 1. The van der Waals surface area contributed by atoms with Crippen LogP contribution in [0.2, 0.25) is 0 Å². The number of aliphatic hydroxyl groups is 1. The van der Waals surface area contributed by atoms with E-state index in [-0.39, 0.29) is 19.7 Å². The summed E-state index contributed by atoms with van der Waals surface area (Å²) >= 11 is 0. The molecule has 0 rings (SSSR count). The second-order valence-corrected chi connectivity index (χ2v) is 3.18. The van der Waals surface area contributed by atoms with Crippen LogP contribution in [0.1, 0.15) is 6.92 Å². The number of nitroso groups, excluding NO2 is 1. The van der Waals surface area contributed by atoms with E-state index in [1.54, 1.807) is 11.8 Å². The Morgan fingerprint density at radius 3 is 2.69 bits per heavy atom. The van der Waals surface area contributed by atoms with Crippen LogP contribution >= 0.6 is 0 Å². The standard InChI is InChI=1S/C10H18N2O4/c1-3-16-10(14)9(2)8-12(6-7-13)5-4-11-15/h13H,2-8H2,1H3. The maximum absolute atomic E-state index is 11.3. The Kier molecular flexibility index (Phi) is 8.28. The van der Waals surface area contributed by atoms with Gasteiger partial charge in [-0.05, 0) is 6.92 Å². The number of hydrogen-bond acceptors (Lipinski definition) is 6. The van der Waals surface area contributed by atoms with Crippen LogP contribution in [0, 0.1) is 4.91 Å². The average molecular weight is 230 g/mol. The lowest BCUT2D eigenvalue weighted by molar-refractivity contribution is -0.138. The molecule has 1 N–H and O–H groups in total. The molecule has 0 heterocycles. The van der Waals surface area contributed by atoms with Gasteiger partial charge in [0.15, 0.2) is 0 Å². The van der Waals surface area contributed by atoms with Crippen molar-refractivity contribution in [2.75, 3.05) is 39.4 Å². The maximum atomic E-state index is 11.3. The van der Waals surface area contributed by atoms with E-state index in [1.165, 1.54) is 0 Å². The lowest BCUT2D eigenvalue weighted by Gasteiger charge is -2.20. The fourth-order valence-electron chi connectivity index (χ4n) is 1.16. The molecule has 6 heteroatoms. The van der Waals surface area contributed by atoms with Crippen LogP contribution in [0.3, 0.4) is 0 Å². The normalized spacial score (nSPS) is 10.2. The van der Waals surface area contributed by atoms with E-state index in [9.17, 15) is 9.70 Å². The van der Waals surface area contributed by atoms with Gasteiger partial charge >= 0.3 is 5.97 Å². The summed E-state index contributed by atoms with van der Waals surface area (Å²) in [5.41, 5.74) is 0.307. The van der Waals surface area contributed by atoms with E-state index >= 15 is 0 Å². The molecule has 92 valence electrons. The Bertz CT molecular complexity index is 243. The van der Waals surface area contributed by atoms with Crippen LogP contribution in [-0.2, 0) is 9.53 Å². The van der Waals surface area contributed by atoms with Gasteiger partial charge in [0.2, 0.25) is 0 Å². The SMILES string of the molecule is C=C(CN(CCO)CCN=O)C(=O)OCC. The van der Waals surface area contributed by atoms with Gasteiger partial charge in [-0.2, -0.15) is 4.91 Å². The Balaban J connectivity index is 4.10. The Hall–Kier alpha value is -1.27. The van der Waals surface area contributed by atoms with Crippen molar-refractivity contribution in [3.63, 3.8) is 0 Å². The third kappa shape index (κ3) is 6.26. The van der Waals surface area contributed by atoms with Crippen molar-refractivity contribution in [2.24, 2.45) is 5.18 Å². The van der Waals surface area contributed by atoms with Gasteiger partial charge in [0.25, 0.3) is 0 Å². The highest BCUT2D eigenvalue weighted by molar-refractivity contribution is 5.88. The Morgan fingerprint density at radius 2 is 2.19 bits per heavy atom. The molecule has 0 aliphatic heterocycles. The Morgan fingerprint density at radius 1 is 1.50 bits per heavy atom. The summed E-state index contributed by atoms with van der Waals surface area (Å²) in [5, 5.41) is 11.5. The summed E-state index contributed by atoms with van der Waals surface area (Å²) in [4.78, 5) is 23.0. The van der Waals surface area contributed by atoms with Gasteiger partial charge < -0.3 is 9.84 Å². The van der Waals surface area contributed by atoms with Crippen molar-refractivity contribution < 1.29 is 14.6 Å². The second-order valence-electron chi connectivity index (χ2n) is 3.18. The zero-order valence-corrected chi connectivity index (χ0v) is 9.52. The lowest BCUT2D eigenvalue weighted by Crippen LogP contribution is -2.33. The number of ether oxygens (including phenoxy) is 1. The summed E-state index contributed by atoms with van der Waals surface area (Å²) in [6.07, 6.45) is 0. The first-order chi connectivity index (χ1) is 7.65. The number of nitrogens with zero attached hydrogens (tertiary/aromatic N) is 2. The predicted molar refractivity (Wildman–Crippen MR) is 60.0 cm³/mol. The van der Waals surface area contributed by atoms with Crippen LogP contribution in [0.25, 0.3) is 0 Å². The largest absolute Gasteiger partial charge is 0.463 e. The molecule has 6 nitrogen and oxygen atoms in total. The highest BCUT2D eigenvalue weighted by Gasteiger charge is 2.12. The molecule has 0 amide bonds. The number of rotatable bonds is 9. The van der Waals surface area contributed by atoms with Gasteiger partial charge in [0, 0.05) is 25.2 Å². The first kappa shape index (κ1) is 14.7. The van der Waals surface area contributed by atoms with Gasteiger partial charge in [-0.15, -0.1) is 0 Å². The van der Waals surface area contributed by atoms with E-state index < -0.39 is 5.97 Å². The first-order valence-corrected chi connectivity index (χ1v) is 5.12. The molecular weight excluding hydrogens is 212 g/mol. The summed E-state index contributed by atoms with van der Waals surface area (Å²) in [6.45, 7) is 6.72. The van der Waals surface area contributed by atoms with E-state index in [4.69, 9.17) is 9.84 Å². The molecule has 0 aliphatic rings. The fraction of sp³-hybridized carbons (Fsp3) is 0.700. The fourth-order valence-corrected chi connectivity index (χ4v) is 1.16. The van der Waals surface area contributed by atoms with Gasteiger partial charge in [-0.1, -0.05) is 11.8 Å².